The number of amides is 1. The van der Waals surface area contributed by atoms with Gasteiger partial charge in [0.15, 0.2) is 5.58 Å². The molecule has 1 aromatic carbocycles. The molecule has 23 heavy (non-hydrogen) atoms. The van der Waals surface area contributed by atoms with Crippen LogP contribution in [0.5, 0.6) is 0 Å². The number of hydrogen-bond acceptors (Lipinski definition) is 3. The van der Waals surface area contributed by atoms with E-state index in [1.165, 1.54) is 17.4 Å². The first-order chi connectivity index (χ1) is 11.1. The van der Waals surface area contributed by atoms with Crippen molar-refractivity contribution in [3.8, 4) is 0 Å². The number of nitrogens with zero attached hydrogens (tertiary/aromatic N) is 1. The van der Waals surface area contributed by atoms with Gasteiger partial charge in [-0.25, -0.2) is 4.79 Å². The molecule has 1 amide bonds. The van der Waals surface area contributed by atoms with Gasteiger partial charge in [0.25, 0.3) is 0 Å². The second-order valence-corrected chi connectivity index (χ2v) is 6.68. The van der Waals surface area contributed by atoms with Gasteiger partial charge in [0.2, 0.25) is 5.91 Å². The summed E-state index contributed by atoms with van der Waals surface area (Å²) in [6.45, 7) is 4.81. The number of aromatic nitrogens is 1. The molecule has 5 heteroatoms. The van der Waals surface area contributed by atoms with Crippen LogP contribution in [-0.2, 0) is 11.3 Å². The lowest BCUT2D eigenvalue weighted by Gasteiger charge is -2.34. The molecule has 1 aromatic heterocycles. The lowest BCUT2D eigenvalue weighted by atomic mass is 9.78. The molecule has 1 N–H and O–H groups in total. The zero-order chi connectivity index (χ0) is 16.4. The third kappa shape index (κ3) is 3.33. The minimum absolute atomic E-state index is 0.00753. The Hall–Kier alpha value is -2.04. The van der Waals surface area contributed by atoms with Crippen LogP contribution in [-0.4, -0.2) is 16.5 Å². The summed E-state index contributed by atoms with van der Waals surface area (Å²) < 4.78 is 6.72. The Morgan fingerprint density at radius 3 is 2.91 bits per heavy atom. The van der Waals surface area contributed by atoms with E-state index in [4.69, 9.17) is 4.42 Å². The van der Waals surface area contributed by atoms with Gasteiger partial charge in [0.05, 0.1) is 5.52 Å². The Morgan fingerprint density at radius 1 is 1.30 bits per heavy atom. The van der Waals surface area contributed by atoms with Crippen LogP contribution in [0.2, 0.25) is 0 Å². The van der Waals surface area contributed by atoms with Crippen LogP contribution in [0, 0.1) is 11.8 Å². The molecule has 1 aliphatic carbocycles. The average molecular weight is 316 g/mol. The van der Waals surface area contributed by atoms with Gasteiger partial charge in [-0.05, 0) is 30.4 Å². The maximum atomic E-state index is 12.2. The highest BCUT2D eigenvalue weighted by molar-refractivity contribution is 5.77. The quantitative estimate of drug-likeness (QED) is 0.943. The Balaban J connectivity index is 1.62. The summed E-state index contributed by atoms with van der Waals surface area (Å²) in [5, 5.41) is 3.14. The fourth-order valence-corrected chi connectivity index (χ4v) is 3.50. The van der Waals surface area contributed by atoms with Crippen LogP contribution in [0.15, 0.2) is 33.5 Å². The molecule has 0 bridgehead atoms. The van der Waals surface area contributed by atoms with Crippen molar-refractivity contribution in [2.24, 2.45) is 11.8 Å². The van der Waals surface area contributed by atoms with E-state index in [0.717, 1.165) is 11.9 Å². The number of benzene rings is 1. The normalized spacial score (nSPS) is 24.7. The monoisotopic (exact) mass is 316 g/mol. The fourth-order valence-electron chi connectivity index (χ4n) is 3.50. The van der Waals surface area contributed by atoms with Gasteiger partial charge >= 0.3 is 5.76 Å². The molecule has 2 aromatic rings. The summed E-state index contributed by atoms with van der Waals surface area (Å²) in [6, 6.07) is 7.54. The highest BCUT2D eigenvalue weighted by Gasteiger charge is 2.28. The van der Waals surface area contributed by atoms with E-state index in [0.29, 0.717) is 30.4 Å². The molecule has 3 rings (SSSR count). The second-order valence-electron chi connectivity index (χ2n) is 6.68. The Kier molecular flexibility index (Phi) is 4.55. The molecule has 1 heterocycles. The number of fused-ring (bicyclic) bond motifs is 1. The lowest BCUT2D eigenvalue weighted by Crippen LogP contribution is -2.44. The Labute approximate surface area is 135 Å². The Morgan fingerprint density at radius 2 is 2.09 bits per heavy atom. The summed E-state index contributed by atoms with van der Waals surface area (Å²) in [6.07, 6.45) is 3.75. The summed E-state index contributed by atoms with van der Waals surface area (Å²) in [7, 11) is 0. The minimum Gasteiger partial charge on any atom is -0.408 e. The molecule has 124 valence electrons. The lowest BCUT2D eigenvalue weighted by molar-refractivity contribution is -0.122. The number of oxazole rings is 1. The number of rotatable bonds is 4. The van der Waals surface area contributed by atoms with E-state index >= 15 is 0 Å². The fraction of sp³-hybridized carbons (Fsp3) is 0.556. The molecule has 3 atom stereocenters. The number of para-hydroxylation sites is 2. The predicted octanol–water partition coefficient (Wildman–Crippen LogP) is 2.93. The summed E-state index contributed by atoms with van der Waals surface area (Å²) in [5.74, 6) is 0.756. The van der Waals surface area contributed by atoms with Crippen LogP contribution in [0.4, 0.5) is 0 Å². The van der Waals surface area contributed by atoms with Crippen molar-refractivity contribution in [3.63, 3.8) is 0 Å². The molecule has 0 spiro atoms. The number of hydrogen-bond donors (Lipinski definition) is 1. The van der Waals surface area contributed by atoms with E-state index in [1.54, 1.807) is 6.07 Å². The summed E-state index contributed by atoms with van der Waals surface area (Å²) >= 11 is 0. The molecular weight excluding hydrogens is 292 g/mol. The molecule has 0 unspecified atom stereocenters. The molecule has 1 saturated carbocycles. The van der Waals surface area contributed by atoms with Crippen molar-refractivity contribution in [2.45, 2.75) is 52.1 Å². The molecule has 5 nitrogen and oxygen atoms in total. The number of aryl methyl sites for hydroxylation is 1. The van der Waals surface area contributed by atoms with Crippen molar-refractivity contribution >= 4 is 17.0 Å². The zero-order valence-electron chi connectivity index (χ0n) is 13.7. The summed E-state index contributed by atoms with van der Waals surface area (Å²) in [4.78, 5) is 24.1. The van der Waals surface area contributed by atoms with Crippen molar-refractivity contribution in [1.82, 2.24) is 9.88 Å². The highest BCUT2D eigenvalue weighted by atomic mass is 16.4. The smallest absolute Gasteiger partial charge is 0.408 e. The van der Waals surface area contributed by atoms with E-state index in [9.17, 15) is 9.59 Å². The van der Waals surface area contributed by atoms with E-state index in [2.05, 4.69) is 19.2 Å². The third-order valence-corrected chi connectivity index (χ3v) is 5.19. The van der Waals surface area contributed by atoms with Crippen LogP contribution >= 0.6 is 0 Å². The number of nitrogens with one attached hydrogen (secondary N) is 1. The Bertz CT molecular complexity index is 746. The van der Waals surface area contributed by atoms with Gasteiger partial charge < -0.3 is 9.73 Å². The van der Waals surface area contributed by atoms with E-state index < -0.39 is 5.76 Å². The summed E-state index contributed by atoms with van der Waals surface area (Å²) in [5.41, 5.74) is 1.30. The molecule has 1 aliphatic rings. The molecule has 1 fully saturated rings. The van der Waals surface area contributed by atoms with Gasteiger partial charge in [-0.2, -0.15) is 0 Å². The molecule has 0 saturated heterocycles. The first-order valence-corrected chi connectivity index (χ1v) is 8.44. The second kappa shape index (κ2) is 6.60. The SMILES string of the molecule is C[C@@H]1[C@H](C)CCC[C@@H]1NC(=O)CCn1c(=O)oc2ccccc21. The minimum atomic E-state index is -0.404. The molecular formula is C18H24N2O3. The highest BCUT2D eigenvalue weighted by Crippen LogP contribution is 2.29. The van der Waals surface area contributed by atoms with Gasteiger partial charge in [0.1, 0.15) is 0 Å². The van der Waals surface area contributed by atoms with Crippen LogP contribution in [0.1, 0.15) is 39.5 Å². The van der Waals surface area contributed by atoms with Crippen molar-refractivity contribution in [3.05, 3.63) is 34.8 Å². The first kappa shape index (κ1) is 15.8. The maximum Gasteiger partial charge on any atom is 0.419 e. The van der Waals surface area contributed by atoms with Crippen LogP contribution < -0.4 is 11.1 Å². The standard InChI is InChI=1S/C18H24N2O3/c1-12-6-5-7-14(13(12)2)19-17(21)10-11-20-15-8-3-4-9-16(15)23-18(20)22/h3-4,8-9,12-14H,5-7,10-11H2,1-2H3,(H,19,21)/t12-,13-,14+/m1/s1. The van der Waals surface area contributed by atoms with E-state index in [-0.39, 0.29) is 11.9 Å². The van der Waals surface area contributed by atoms with Crippen molar-refractivity contribution in [2.75, 3.05) is 0 Å². The topological polar surface area (TPSA) is 64.2 Å². The van der Waals surface area contributed by atoms with Gasteiger partial charge in [0, 0.05) is 19.0 Å². The van der Waals surface area contributed by atoms with Gasteiger partial charge in [-0.3, -0.25) is 9.36 Å². The van der Waals surface area contributed by atoms with Crippen LogP contribution in [0.25, 0.3) is 11.1 Å². The van der Waals surface area contributed by atoms with E-state index in [1.807, 2.05) is 18.2 Å². The van der Waals surface area contributed by atoms with Gasteiger partial charge in [-0.1, -0.05) is 38.8 Å². The predicted molar refractivity (Wildman–Crippen MR) is 89.2 cm³/mol. The largest absolute Gasteiger partial charge is 0.419 e. The zero-order valence-corrected chi connectivity index (χ0v) is 13.7. The molecule has 0 aliphatic heterocycles. The number of carbonyl (C=O) groups is 1. The number of carbonyl (C=O) groups excluding carboxylic acids is 1. The van der Waals surface area contributed by atoms with Crippen molar-refractivity contribution in [1.29, 1.82) is 0 Å². The molecule has 0 radical (unpaired) electrons. The van der Waals surface area contributed by atoms with Gasteiger partial charge in [-0.15, -0.1) is 0 Å². The van der Waals surface area contributed by atoms with Crippen molar-refractivity contribution < 1.29 is 9.21 Å². The maximum absolute atomic E-state index is 12.2. The first-order valence-electron chi connectivity index (χ1n) is 8.44. The average Bonchev–Trinajstić information content (AvgIpc) is 2.85. The van der Waals surface area contributed by atoms with Crippen LogP contribution in [0.3, 0.4) is 0 Å². The third-order valence-electron chi connectivity index (χ3n) is 5.19.